The third-order valence-corrected chi connectivity index (χ3v) is 3.72. The highest BCUT2D eigenvalue weighted by molar-refractivity contribution is 6.30. The van der Waals surface area contributed by atoms with Crippen molar-refractivity contribution in [1.29, 1.82) is 5.26 Å². The molecule has 1 aromatic heterocycles. The van der Waals surface area contributed by atoms with E-state index >= 15 is 0 Å². The van der Waals surface area contributed by atoms with Crippen LogP contribution in [-0.4, -0.2) is 17.1 Å². The molecule has 0 aliphatic heterocycles. The Morgan fingerprint density at radius 2 is 1.92 bits per heavy atom. The first kappa shape index (κ1) is 16.6. The van der Waals surface area contributed by atoms with Crippen LogP contribution in [0.3, 0.4) is 0 Å². The number of aromatic nitrogens is 1. The Morgan fingerprint density at radius 1 is 1.16 bits per heavy atom. The average Bonchev–Trinajstić information content (AvgIpc) is 3.16. The van der Waals surface area contributed by atoms with Gasteiger partial charge >= 0.3 is 0 Å². The number of carbonyl (C=O) groups is 1. The van der Waals surface area contributed by atoms with Gasteiger partial charge in [0.1, 0.15) is 11.8 Å². The standard InChI is InChI=1S/C19H14ClN3O2/c20-15-7-8-16(17(11-15)23-9-3-4-10-23)22-19(24)13-25-18-6-2-1-5-14(18)12-21/h1-11H,13H2,(H,22,24). The Morgan fingerprint density at radius 3 is 2.68 bits per heavy atom. The predicted octanol–water partition coefficient (Wildman–Crippen LogP) is 4.02. The van der Waals surface area contributed by atoms with Crippen LogP contribution in [0.25, 0.3) is 5.69 Å². The first-order chi connectivity index (χ1) is 12.2. The summed E-state index contributed by atoms with van der Waals surface area (Å²) in [6.07, 6.45) is 3.72. The summed E-state index contributed by atoms with van der Waals surface area (Å²) in [5.74, 6) is 0.0466. The summed E-state index contributed by atoms with van der Waals surface area (Å²) in [4.78, 5) is 12.2. The monoisotopic (exact) mass is 351 g/mol. The second-order valence-electron chi connectivity index (χ2n) is 5.20. The number of halogens is 1. The van der Waals surface area contributed by atoms with Crippen molar-refractivity contribution in [2.75, 3.05) is 11.9 Å². The summed E-state index contributed by atoms with van der Waals surface area (Å²) in [6, 6.07) is 17.8. The zero-order valence-corrected chi connectivity index (χ0v) is 13.9. The summed E-state index contributed by atoms with van der Waals surface area (Å²) in [5, 5.41) is 12.4. The summed E-state index contributed by atoms with van der Waals surface area (Å²) in [6.45, 7) is -0.202. The Hall–Kier alpha value is -3.23. The molecule has 1 heterocycles. The molecule has 0 unspecified atom stereocenters. The van der Waals surface area contributed by atoms with E-state index in [1.54, 1.807) is 42.5 Å². The van der Waals surface area contributed by atoms with E-state index in [1.165, 1.54) is 0 Å². The lowest BCUT2D eigenvalue weighted by molar-refractivity contribution is -0.118. The number of nitrogens with zero attached hydrogens (tertiary/aromatic N) is 2. The normalized spacial score (nSPS) is 10.1. The molecule has 0 aliphatic rings. The Labute approximate surface area is 150 Å². The molecule has 0 atom stereocenters. The molecule has 0 spiro atoms. The topological polar surface area (TPSA) is 67.0 Å². The van der Waals surface area contributed by atoms with Crippen LogP contribution in [0.1, 0.15) is 5.56 Å². The van der Waals surface area contributed by atoms with Crippen molar-refractivity contribution in [2.24, 2.45) is 0 Å². The molecular weight excluding hydrogens is 338 g/mol. The number of nitriles is 1. The van der Waals surface area contributed by atoms with E-state index in [-0.39, 0.29) is 12.5 Å². The van der Waals surface area contributed by atoms with Crippen LogP contribution in [0, 0.1) is 11.3 Å². The fraction of sp³-hybridized carbons (Fsp3) is 0.0526. The van der Waals surface area contributed by atoms with E-state index < -0.39 is 0 Å². The fourth-order valence-corrected chi connectivity index (χ4v) is 2.50. The Kier molecular flexibility index (Phi) is 5.03. The van der Waals surface area contributed by atoms with Crippen LogP contribution >= 0.6 is 11.6 Å². The van der Waals surface area contributed by atoms with Crippen molar-refractivity contribution < 1.29 is 9.53 Å². The van der Waals surface area contributed by atoms with Crippen molar-refractivity contribution in [1.82, 2.24) is 4.57 Å². The summed E-state index contributed by atoms with van der Waals surface area (Å²) in [7, 11) is 0. The largest absolute Gasteiger partial charge is 0.482 e. The second-order valence-corrected chi connectivity index (χ2v) is 5.63. The number of hydrogen-bond acceptors (Lipinski definition) is 3. The number of anilines is 1. The number of nitrogens with one attached hydrogen (secondary N) is 1. The van der Waals surface area contributed by atoms with Gasteiger partial charge in [-0.2, -0.15) is 5.26 Å². The first-order valence-corrected chi connectivity index (χ1v) is 7.90. The third kappa shape index (κ3) is 4.00. The maximum atomic E-state index is 12.2. The van der Waals surface area contributed by atoms with Crippen molar-refractivity contribution in [3.63, 3.8) is 0 Å². The molecule has 1 N–H and O–H groups in total. The van der Waals surface area contributed by atoms with Crippen molar-refractivity contribution in [2.45, 2.75) is 0 Å². The number of carbonyl (C=O) groups excluding carboxylic acids is 1. The zero-order valence-electron chi connectivity index (χ0n) is 13.1. The van der Waals surface area contributed by atoms with Gasteiger partial charge in [-0.25, -0.2) is 0 Å². The van der Waals surface area contributed by atoms with E-state index in [0.717, 1.165) is 5.69 Å². The van der Waals surface area contributed by atoms with Gasteiger partial charge in [-0.15, -0.1) is 0 Å². The predicted molar refractivity (Wildman–Crippen MR) is 96.1 cm³/mol. The van der Waals surface area contributed by atoms with Gasteiger partial charge in [-0.1, -0.05) is 23.7 Å². The van der Waals surface area contributed by atoms with E-state index in [4.69, 9.17) is 21.6 Å². The third-order valence-electron chi connectivity index (χ3n) is 3.48. The Balaban J connectivity index is 1.73. The van der Waals surface area contributed by atoms with Gasteiger partial charge in [0.05, 0.1) is 16.9 Å². The summed E-state index contributed by atoms with van der Waals surface area (Å²) in [5.41, 5.74) is 1.75. The van der Waals surface area contributed by atoms with Gasteiger partial charge in [0.15, 0.2) is 6.61 Å². The van der Waals surface area contributed by atoms with Crippen molar-refractivity contribution in [3.8, 4) is 17.5 Å². The molecule has 0 bridgehead atoms. The van der Waals surface area contributed by atoms with E-state index in [9.17, 15) is 4.79 Å². The molecule has 3 aromatic rings. The van der Waals surface area contributed by atoms with E-state index in [2.05, 4.69) is 5.32 Å². The maximum absolute atomic E-state index is 12.2. The lowest BCUT2D eigenvalue weighted by Crippen LogP contribution is -2.21. The van der Waals surface area contributed by atoms with Gasteiger partial charge in [0.25, 0.3) is 5.91 Å². The summed E-state index contributed by atoms with van der Waals surface area (Å²) < 4.78 is 7.30. The SMILES string of the molecule is N#Cc1ccccc1OCC(=O)Nc1ccc(Cl)cc1-n1cccc1. The van der Waals surface area contributed by atoms with Crippen molar-refractivity contribution in [3.05, 3.63) is 77.6 Å². The van der Waals surface area contributed by atoms with Crippen LogP contribution in [0.4, 0.5) is 5.69 Å². The zero-order chi connectivity index (χ0) is 17.6. The van der Waals surface area contributed by atoms with Crippen LogP contribution in [0.2, 0.25) is 5.02 Å². The molecule has 2 aromatic carbocycles. The van der Waals surface area contributed by atoms with Crippen LogP contribution in [0.5, 0.6) is 5.75 Å². The summed E-state index contributed by atoms with van der Waals surface area (Å²) >= 11 is 6.06. The number of rotatable bonds is 5. The highest BCUT2D eigenvalue weighted by atomic mass is 35.5. The quantitative estimate of drug-likeness (QED) is 0.755. The smallest absolute Gasteiger partial charge is 0.262 e. The highest BCUT2D eigenvalue weighted by Crippen LogP contribution is 2.25. The maximum Gasteiger partial charge on any atom is 0.262 e. The van der Waals surface area contributed by atoms with Crippen molar-refractivity contribution >= 4 is 23.2 Å². The van der Waals surface area contributed by atoms with Crippen LogP contribution in [0.15, 0.2) is 67.0 Å². The van der Waals surface area contributed by atoms with Gasteiger partial charge in [0.2, 0.25) is 0 Å². The molecule has 6 heteroatoms. The molecule has 124 valence electrons. The van der Waals surface area contributed by atoms with E-state index in [1.807, 2.05) is 35.2 Å². The van der Waals surface area contributed by atoms with Crippen LogP contribution in [-0.2, 0) is 4.79 Å². The molecule has 3 rings (SSSR count). The number of amides is 1. The molecule has 1 amide bonds. The fourth-order valence-electron chi connectivity index (χ4n) is 2.33. The molecule has 0 saturated heterocycles. The molecule has 0 fully saturated rings. The van der Waals surface area contributed by atoms with E-state index in [0.29, 0.717) is 22.0 Å². The Bertz CT molecular complexity index is 930. The molecule has 0 aliphatic carbocycles. The minimum absolute atomic E-state index is 0.202. The van der Waals surface area contributed by atoms with Crippen LogP contribution < -0.4 is 10.1 Å². The molecule has 0 radical (unpaired) electrons. The second kappa shape index (κ2) is 7.56. The van der Waals surface area contributed by atoms with Gasteiger partial charge < -0.3 is 14.6 Å². The molecule has 25 heavy (non-hydrogen) atoms. The van der Waals surface area contributed by atoms with Gasteiger partial charge in [0, 0.05) is 17.4 Å². The number of para-hydroxylation sites is 1. The number of ether oxygens (including phenoxy) is 1. The molecule has 5 nitrogen and oxygen atoms in total. The lowest BCUT2D eigenvalue weighted by atomic mass is 10.2. The van der Waals surface area contributed by atoms with Gasteiger partial charge in [-0.05, 0) is 42.5 Å². The lowest BCUT2D eigenvalue weighted by Gasteiger charge is -2.13. The molecular formula is C19H14ClN3O2. The molecule has 0 saturated carbocycles. The minimum Gasteiger partial charge on any atom is -0.482 e. The highest BCUT2D eigenvalue weighted by Gasteiger charge is 2.11. The number of hydrogen-bond donors (Lipinski definition) is 1. The average molecular weight is 352 g/mol. The minimum atomic E-state index is -0.330. The first-order valence-electron chi connectivity index (χ1n) is 7.52. The van der Waals surface area contributed by atoms with Gasteiger partial charge in [-0.3, -0.25) is 4.79 Å². The number of benzene rings is 2.